The number of nitrogens with zero attached hydrogens (tertiary/aromatic N) is 1. The van der Waals surface area contributed by atoms with Crippen LogP contribution < -0.4 is 4.90 Å². The van der Waals surface area contributed by atoms with Gasteiger partial charge in [0.2, 0.25) is 0 Å². The molecule has 1 heterocycles. The van der Waals surface area contributed by atoms with E-state index in [0.717, 1.165) is 24.6 Å². The highest BCUT2D eigenvalue weighted by atomic mass is 35.5. The molecule has 20 heavy (non-hydrogen) atoms. The molecule has 108 valence electrons. The average Bonchev–Trinajstić information content (AvgIpc) is 3.08. The largest absolute Gasteiger partial charge is 0.478 e. The Bertz CT molecular complexity index is 511. The van der Waals surface area contributed by atoms with E-state index in [1.165, 1.54) is 32.1 Å². The van der Waals surface area contributed by atoms with E-state index < -0.39 is 5.97 Å². The number of benzene rings is 1. The van der Waals surface area contributed by atoms with E-state index in [9.17, 15) is 9.90 Å². The minimum absolute atomic E-state index is 0.263. The van der Waals surface area contributed by atoms with E-state index in [2.05, 4.69) is 4.90 Å². The van der Waals surface area contributed by atoms with E-state index in [-0.39, 0.29) is 5.56 Å². The van der Waals surface area contributed by atoms with E-state index in [4.69, 9.17) is 11.6 Å². The number of anilines is 1. The van der Waals surface area contributed by atoms with Crippen molar-refractivity contribution in [3.63, 3.8) is 0 Å². The zero-order valence-electron chi connectivity index (χ0n) is 11.5. The molecular weight excluding hydrogens is 274 g/mol. The Kier molecular flexibility index (Phi) is 3.88. The monoisotopic (exact) mass is 293 g/mol. The zero-order valence-corrected chi connectivity index (χ0v) is 12.3. The maximum absolute atomic E-state index is 11.5. The van der Waals surface area contributed by atoms with Crippen molar-refractivity contribution in [2.24, 2.45) is 5.92 Å². The van der Waals surface area contributed by atoms with Crippen LogP contribution in [0.5, 0.6) is 0 Å². The Morgan fingerprint density at radius 1 is 1.20 bits per heavy atom. The summed E-state index contributed by atoms with van der Waals surface area (Å²) in [5, 5.41) is 9.79. The molecule has 1 N–H and O–H groups in total. The van der Waals surface area contributed by atoms with Gasteiger partial charge >= 0.3 is 5.97 Å². The SMILES string of the molecule is O=C(O)c1c(Cl)cccc1N1CCCC1C1CCCC1. The van der Waals surface area contributed by atoms with Crippen molar-refractivity contribution >= 4 is 23.3 Å². The van der Waals surface area contributed by atoms with Crippen molar-refractivity contribution in [2.75, 3.05) is 11.4 Å². The summed E-state index contributed by atoms with van der Waals surface area (Å²) in [6.45, 7) is 0.946. The first-order valence-corrected chi connectivity index (χ1v) is 7.84. The molecule has 0 spiro atoms. The van der Waals surface area contributed by atoms with Gasteiger partial charge in [0.25, 0.3) is 0 Å². The van der Waals surface area contributed by atoms with Crippen LogP contribution in [0.15, 0.2) is 18.2 Å². The maximum Gasteiger partial charge on any atom is 0.339 e. The highest BCUT2D eigenvalue weighted by molar-refractivity contribution is 6.34. The summed E-state index contributed by atoms with van der Waals surface area (Å²) in [6.07, 6.45) is 7.52. The number of carbonyl (C=O) groups is 1. The summed E-state index contributed by atoms with van der Waals surface area (Å²) in [4.78, 5) is 13.8. The molecule has 2 aliphatic rings. The number of hydrogen-bond donors (Lipinski definition) is 1. The van der Waals surface area contributed by atoms with Gasteiger partial charge in [-0.1, -0.05) is 30.5 Å². The molecular formula is C16H20ClNO2. The fourth-order valence-electron chi connectivity index (χ4n) is 3.89. The fraction of sp³-hybridized carbons (Fsp3) is 0.562. The van der Waals surface area contributed by atoms with Crippen molar-refractivity contribution < 1.29 is 9.90 Å². The standard InChI is InChI=1S/C16H20ClNO2/c17-12-7-3-8-14(15(12)16(19)20)18-10-4-9-13(18)11-5-1-2-6-11/h3,7-8,11,13H,1-2,4-6,9-10H2,(H,19,20). The Labute approximate surface area is 124 Å². The number of halogens is 1. The summed E-state index contributed by atoms with van der Waals surface area (Å²) in [5.41, 5.74) is 1.07. The molecule has 3 nitrogen and oxygen atoms in total. The molecule has 4 heteroatoms. The summed E-state index contributed by atoms with van der Waals surface area (Å²) in [7, 11) is 0. The Hall–Kier alpha value is -1.22. The van der Waals surface area contributed by atoms with Gasteiger partial charge in [-0.3, -0.25) is 0 Å². The van der Waals surface area contributed by atoms with Gasteiger partial charge in [-0.2, -0.15) is 0 Å². The van der Waals surface area contributed by atoms with Crippen LogP contribution in [0.4, 0.5) is 5.69 Å². The highest BCUT2D eigenvalue weighted by Gasteiger charge is 2.35. The van der Waals surface area contributed by atoms with Gasteiger partial charge in [0.15, 0.2) is 0 Å². The van der Waals surface area contributed by atoms with Crippen LogP contribution in [-0.4, -0.2) is 23.7 Å². The summed E-state index contributed by atoms with van der Waals surface area (Å²) in [5.74, 6) is -0.208. The molecule has 1 aromatic rings. The van der Waals surface area contributed by atoms with Crippen LogP contribution in [-0.2, 0) is 0 Å². The van der Waals surface area contributed by atoms with Crippen LogP contribution in [0.25, 0.3) is 0 Å². The first kappa shape index (κ1) is 13.7. The lowest BCUT2D eigenvalue weighted by molar-refractivity contribution is 0.0697. The maximum atomic E-state index is 11.5. The van der Waals surface area contributed by atoms with Gasteiger partial charge in [-0.05, 0) is 43.7 Å². The number of carboxylic acids is 1. The molecule has 1 unspecified atom stereocenters. The summed E-state index contributed by atoms with van der Waals surface area (Å²) < 4.78 is 0. The molecule has 1 aliphatic carbocycles. The third-order valence-electron chi connectivity index (χ3n) is 4.76. The van der Waals surface area contributed by atoms with Gasteiger partial charge < -0.3 is 10.0 Å². The zero-order chi connectivity index (χ0) is 14.1. The van der Waals surface area contributed by atoms with E-state index >= 15 is 0 Å². The average molecular weight is 294 g/mol. The fourth-order valence-corrected chi connectivity index (χ4v) is 4.14. The topological polar surface area (TPSA) is 40.5 Å². The first-order valence-electron chi connectivity index (χ1n) is 7.47. The van der Waals surface area contributed by atoms with E-state index in [0.29, 0.717) is 11.1 Å². The van der Waals surface area contributed by atoms with Gasteiger partial charge in [0, 0.05) is 12.6 Å². The van der Waals surface area contributed by atoms with Crippen molar-refractivity contribution in [3.05, 3.63) is 28.8 Å². The lowest BCUT2D eigenvalue weighted by Crippen LogP contribution is -2.35. The highest BCUT2D eigenvalue weighted by Crippen LogP contribution is 2.39. The summed E-state index contributed by atoms with van der Waals surface area (Å²) in [6, 6.07) is 5.92. The predicted octanol–water partition coefficient (Wildman–Crippen LogP) is 4.20. The molecule has 0 amide bonds. The molecule has 3 rings (SSSR count). The second-order valence-corrected chi connectivity index (χ2v) is 6.29. The van der Waals surface area contributed by atoms with Gasteiger partial charge in [-0.25, -0.2) is 4.79 Å². The number of hydrogen-bond acceptors (Lipinski definition) is 2. The van der Waals surface area contributed by atoms with Crippen molar-refractivity contribution in [1.29, 1.82) is 0 Å². The number of rotatable bonds is 3. The third-order valence-corrected chi connectivity index (χ3v) is 5.07. The number of carboxylic acid groups (broad SMARTS) is 1. The minimum Gasteiger partial charge on any atom is -0.478 e. The molecule has 0 radical (unpaired) electrons. The molecule has 1 saturated heterocycles. The normalized spacial score (nSPS) is 23.4. The Morgan fingerprint density at radius 3 is 2.65 bits per heavy atom. The molecule has 1 aliphatic heterocycles. The minimum atomic E-state index is -0.928. The molecule has 1 atom stereocenters. The van der Waals surface area contributed by atoms with Crippen LogP contribution >= 0.6 is 11.6 Å². The van der Waals surface area contributed by atoms with Gasteiger partial charge in [-0.15, -0.1) is 0 Å². The van der Waals surface area contributed by atoms with Gasteiger partial charge in [0.05, 0.1) is 10.7 Å². The van der Waals surface area contributed by atoms with Crippen molar-refractivity contribution in [2.45, 2.75) is 44.6 Å². The van der Waals surface area contributed by atoms with Crippen LogP contribution in [0.3, 0.4) is 0 Å². The molecule has 0 aromatic heterocycles. The lowest BCUT2D eigenvalue weighted by atomic mass is 9.95. The van der Waals surface area contributed by atoms with Gasteiger partial charge in [0.1, 0.15) is 5.56 Å². The quantitative estimate of drug-likeness (QED) is 0.908. The van der Waals surface area contributed by atoms with E-state index in [1.807, 2.05) is 12.1 Å². The second kappa shape index (κ2) is 5.65. The predicted molar refractivity (Wildman–Crippen MR) is 80.7 cm³/mol. The van der Waals surface area contributed by atoms with E-state index in [1.54, 1.807) is 6.07 Å². The van der Waals surface area contributed by atoms with Crippen molar-refractivity contribution in [1.82, 2.24) is 0 Å². The summed E-state index contributed by atoms with van der Waals surface area (Å²) >= 11 is 6.10. The Morgan fingerprint density at radius 2 is 1.95 bits per heavy atom. The number of aromatic carboxylic acids is 1. The lowest BCUT2D eigenvalue weighted by Gasteiger charge is -2.32. The first-order chi connectivity index (χ1) is 9.68. The van der Waals surface area contributed by atoms with Crippen molar-refractivity contribution in [3.8, 4) is 0 Å². The van der Waals surface area contributed by atoms with Crippen LogP contribution in [0.2, 0.25) is 5.02 Å². The van der Waals surface area contributed by atoms with Crippen LogP contribution in [0.1, 0.15) is 48.9 Å². The molecule has 1 aromatic carbocycles. The third kappa shape index (κ3) is 2.39. The molecule has 0 bridgehead atoms. The Balaban J connectivity index is 1.95. The van der Waals surface area contributed by atoms with Crippen LogP contribution in [0, 0.1) is 5.92 Å². The molecule has 2 fully saturated rings. The molecule has 1 saturated carbocycles. The second-order valence-electron chi connectivity index (χ2n) is 5.89. The smallest absolute Gasteiger partial charge is 0.339 e.